The van der Waals surface area contributed by atoms with Crippen molar-refractivity contribution in [2.24, 2.45) is 0 Å². The number of hydrogen-bond acceptors (Lipinski definition) is 5. The molecular formula is C28H24FN5O. The van der Waals surface area contributed by atoms with Crippen LogP contribution in [0.3, 0.4) is 0 Å². The van der Waals surface area contributed by atoms with Crippen LogP contribution in [0.4, 0.5) is 4.39 Å². The van der Waals surface area contributed by atoms with E-state index in [0.717, 1.165) is 16.8 Å². The number of hydrogen-bond donors (Lipinski definition) is 2. The molecular weight excluding hydrogens is 441 g/mol. The van der Waals surface area contributed by atoms with Gasteiger partial charge in [0.2, 0.25) is 0 Å². The number of para-hydroxylation sites is 1. The van der Waals surface area contributed by atoms with Crippen LogP contribution < -0.4 is 5.32 Å². The van der Waals surface area contributed by atoms with E-state index in [1.807, 2.05) is 48.7 Å². The summed E-state index contributed by atoms with van der Waals surface area (Å²) in [6, 6.07) is 22.6. The van der Waals surface area contributed by atoms with Crippen LogP contribution in [0.15, 0.2) is 116 Å². The fraction of sp³-hybridized carbons (Fsp3) is 0.107. The highest BCUT2D eigenvalue weighted by atomic mass is 19.1. The van der Waals surface area contributed by atoms with Gasteiger partial charge < -0.3 is 10.4 Å². The second kappa shape index (κ2) is 9.97. The summed E-state index contributed by atoms with van der Waals surface area (Å²) in [5, 5.41) is 20.3. The van der Waals surface area contributed by atoms with Gasteiger partial charge in [0.1, 0.15) is 11.4 Å². The first-order chi connectivity index (χ1) is 17.1. The fourth-order valence-corrected chi connectivity index (χ4v) is 4.23. The van der Waals surface area contributed by atoms with Crippen molar-refractivity contribution in [3.05, 3.63) is 144 Å². The van der Waals surface area contributed by atoms with Crippen molar-refractivity contribution in [3.8, 4) is 5.69 Å². The number of aliphatic hydroxyl groups is 1. The van der Waals surface area contributed by atoms with Gasteiger partial charge in [-0.15, -0.1) is 0 Å². The quantitative estimate of drug-likeness (QED) is 0.351. The fourth-order valence-electron chi connectivity index (χ4n) is 4.23. The smallest absolute Gasteiger partial charge is 0.137 e. The van der Waals surface area contributed by atoms with Crippen molar-refractivity contribution >= 4 is 0 Å². The molecule has 3 aromatic heterocycles. The Morgan fingerprint density at radius 3 is 2.09 bits per heavy atom. The first-order valence-corrected chi connectivity index (χ1v) is 11.3. The van der Waals surface area contributed by atoms with Crippen molar-refractivity contribution in [2.45, 2.75) is 18.2 Å². The zero-order valence-electron chi connectivity index (χ0n) is 18.9. The highest BCUT2D eigenvalue weighted by molar-refractivity contribution is 5.40. The maximum absolute atomic E-state index is 13.8. The van der Waals surface area contributed by atoms with Gasteiger partial charge in [-0.05, 0) is 42.0 Å². The SMILES string of the molecule is OC(c1cccnc1)(c1cccnc1)[C@H](NCc1cnn(-c2ccccc2)c1)c1ccc(F)cc1. The zero-order valence-corrected chi connectivity index (χ0v) is 18.9. The molecule has 174 valence electrons. The van der Waals surface area contributed by atoms with Gasteiger partial charge in [-0.2, -0.15) is 5.10 Å². The Balaban J connectivity index is 1.54. The van der Waals surface area contributed by atoms with Crippen LogP contribution in [0.2, 0.25) is 0 Å². The van der Waals surface area contributed by atoms with E-state index in [0.29, 0.717) is 17.7 Å². The Labute approximate surface area is 202 Å². The Bertz CT molecular complexity index is 1320. The molecule has 7 heteroatoms. The molecule has 0 unspecified atom stereocenters. The van der Waals surface area contributed by atoms with Crippen molar-refractivity contribution in [2.75, 3.05) is 0 Å². The van der Waals surface area contributed by atoms with Gasteiger partial charge in [-0.25, -0.2) is 9.07 Å². The molecule has 0 radical (unpaired) electrons. The number of benzene rings is 2. The lowest BCUT2D eigenvalue weighted by Crippen LogP contribution is -2.42. The zero-order chi connectivity index (χ0) is 24.1. The second-order valence-corrected chi connectivity index (χ2v) is 8.24. The van der Waals surface area contributed by atoms with Gasteiger partial charge in [0.15, 0.2) is 0 Å². The Hall–Kier alpha value is -4.20. The van der Waals surface area contributed by atoms with E-state index < -0.39 is 11.6 Å². The maximum atomic E-state index is 13.8. The lowest BCUT2D eigenvalue weighted by Gasteiger charge is -2.37. The van der Waals surface area contributed by atoms with Gasteiger partial charge in [0.05, 0.1) is 17.9 Å². The van der Waals surface area contributed by atoms with Crippen molar-refractivity contribution in [3.63, 3.8) is 0 Å². The van der Waals surface area contributed by atoms with Crippen LogP contribution in [-0.4, -0.2) is 24.9 Å². The van der Waals surface area contributed by atoms with Gasteiger partial charge in [0, 0.05) is 54.2 Å². The molecule has 2 N–H and O–H groups in total. The molecule has 0 amide bonds. The van der Waals surface area contributed by atoms with Gasteiger partial charge >= 0.3 is 0 Å². The molecule has 3 heterocycles. The average molecular weight is 466 g/mol. The molecule has 0 fully saturated rings. The predicted molar refractivity (Wildman–Crippen MR) is 131 cm³/mol. The summed E-state index contributed by atoms with van der Waals surface area (Å²) in [6.07, 6.45) is 10.3. The minimum absolute atomic E-state index is 0.345. The van der Waals surface area contributed by atoms with Gasteiger partial charge in [0.25, 0.3) is 0 Å². The molecule has 0 saturated carbocycles. The highest BCUT2D eigenvalue weighted by Crippen LogP contribution is 2.40. The van der Waals surface area contributed by atoms with Crippen LogP contribution in [0.1, 0.15) is 28.3 Å². The van der Waals surface area contributed by atoms with E-state index in [2.05, 4.69) is 20.4 Å². The summed E-state index contributed by atoms with van der Waals surface area (Å²) in [6.45, 7) is 0.414. The Kier molecular flexibility index (Phi) is 6.43. The van der Waals surface area contributed by atoms with Crippen LogP contribution in [0.5, 0.6) is 0 Å². The molecule has 35 heavy (non-hydrogen) atoms. The number of nitrogens with zero attached hydrogens (tertiary/aromatic N) is 4. The number of halogens is 1. The first kappa shape index (κ1) is 22.6. The molecule has 0 spiro atoms. The molecule has 0 aliphatic heterocycles. The summed E-state index contributed by atoms with van der Waals surface area (Å²) in [5.41, 5.74) is 2.26. The van der Waals surface area contributed by atoms with E-state index in [1.165, 1.54) is 12.1 Å². The van der Waals surface area contributed by atoms with Crippen LogP contribution >= 0.6 is 0 Å². The molecule has 0 saturated heterocycles. The van der Waals surface area contributed by atoms with Gasteiger partial charge in [-0.1, -0.05) is 42.5 Å². The summed E-state index contributed by atoms with van der Waals surface area (Å²) in [4.78, 5) is 8.48. The van der Waals surface area contributed by atoms with E-state index in [9.17, 15) is 9.50 Å². The van der Waals surface area contributed by atoms with E-state index in [1.54, 1.807) is 59.9 Å². The van der Waals surface area contributed by atoms with Crippen molar-refractivity contribution in [1.29, 1.82) is 0 Å². The van der Waals surface area contributed by atoms with E-state index in [4.69, 9.17) is 0 Å². The molecule has 0 aliphatic rings. The summed E-state index contributed by atoms with van der Waals surface area (Å²) >= 11 is 0. The lowest BCUT2D eigenvalue weighted by molar-refractivity contribution is 0.0348. The summed E-state index contributed by atoms with van der Waals surface area (Å²) in [7, 11) is 0. The Morgan fingerprint density at radius 2 is 1.49 bits per heavy atom. The molecule has 0 aliphatic carbocycles. The topological polar surface area (TPSA) is 75.9 Å². The molecule has 2 aromatic carbocycles. The molecule has 5 aromatic rings. The molecule has 6 nitrogen and oxygen atoms in total. The number of rotatable bonds is 8. The second-order valence-electron chi connectivity index (χ2n) is 8.24. The molecule has 1 atom stereocenters. The third-order valence-corrected chi connectivity index (χ3v) is 5.99. The molecule has 5 rings (SSSR count). The minimum atomic E-state index is -1.53. The van der Waals surface area contributed by atoms with Crippen molar-refractivity contribution < 1.29 is 9.50 Å². The predicted octanol–water partition coefficient (Wildman–Crippen LogP) is 4.57. The first-order valence-electron chi connectivity index (χ1n) is 11.3. The monoisotopic (exact) mass is 465 g/mol. The third kappa shape index (κ3) is 4.73. The summed E-state index contributed by atoms with van der Waals surface area (Å²) < 4.78 is 15.6. The third-order valence-electron chi connectivity index (χ3n) is 5.99. The van der Waals surface area contributed by atoms with Gasteiger partial charge in [-0.3, -0.25) is 9.97 Å². The van der Waals surface area contributed by atoms with Crippen LogP contribution in [-0.2, 0) is 12.1 Å². The summed E-state index contributed by atoms with van der Waals surface area (Å²) in [5.74, 6) is -0.345. The number of nitrogens with one attached hydrogen (secondary N) is 1. The van der Waals surface area contributed by atoms with Crippen LogP contribution in [0, 0.1) is 5.82 Å². The van der Waals surface area contributed by atoms with E-state index >= 15 is 0 Å². The highest BCUT2D eigenvalue weighted by Gasteiger charge is 2.41. The Morgan fingerprint density at radius 1 is 0.829 bits per heavy atom. The van der Waals surface area contributed by atoms with E-state index in [-0.39, 0.29) is 5.82 Å². The molecule has 0 bridgehead atoms. The minimum Gasteiger partial charge on any atom is -0.378 e. The van der Waals surface area contributed by atoms with Crippen molar-refractivity contribution in [1.82, 2.24) is 25.1 Å². The van der Waals surface area contributed by atoms with Crippen LogP contribution in [0.25, 0.3) is 5.69 Å². The standard InChI is InChI=1S/C28H24FN5O/c29-25-12-10-22(11-13-25)27(32-16-21-17-33-34(20-21)26-8-2-1-3-9-26)28(35,23-6-4-14-30-18-23)24-7-5-15-31-19-24/h1-15,17-20,27,32,35H,16H2/t27-/m1/s1. The number of aromatic nitrogens is 4. The lowest BCUT2D eigenvalue weighted by atomic mass is 9.78. The maximum Gasteiger partial charge on any atom is 0.137 e. The number of pyridine rings is 2. The average Bonchev–Trinajstić information content (AvgIpc) is 3.40. The normalized spacial score (nSPS) is 12.4. The largest absolute Gasteiger partial charge is 0.378 e.